The first-order valence-corrected chi connectivity index (χ1v) is 8.84. The van der Waals surface area contributed by atoms with Gasteiger partial charge in [-0.1, -0.05) is 0 Å². The highest BCUT2D eigenvalue weighted by atomic mass is 16.5. The molecule has 10 heteroatoms. The van der Waals surface area contributed by atoms with Crippen LogP contribution in [0.4, 0.5) is 17.3 Å². The summed E-state index contributed by atoms with van der Waals surface area (Å²) < 4.78 is 12.7. The number of anilines is 3. The van der Waals surface area contributed by atoms with Crippen LogP contribution in [0, 0.1) is 0 Å². The van der Waals surface area contributed by atoms with Gasteiger partial charge in [0.15, 0.2) is 11.4 Å². The van der Waals surface area contributed by atoms with Crippen molar-refractivity contribution in [1.82, 2.24) is 24.9 Å². The number of carbonyl (C=O) groups excluding carboxylic acids is 1. The van der Waals surface area contributed by atoms with Gasteiger partial charge in [-0.05, 0) is 13.0 Å². The van der Waals surface area contributed by atoms with Crippen LogP contribution in [-0.4, -0.2) is 52.3 Å². The Morgan fingerprint density at radius 1 is 1.36 bits per heavy atom. The molecule has 146 valence electrons. The van der Waals surface area contributed by atoms with Gasteiger partial charge in [0.25, 0.3) is 5.91 Å². The quantitative estimate of drug-likeness (QED) is 0.611. The monoisotopic (exact) mass is 383 g/mol. The van der Waals surface area contributed by atoms with Gasteiger partial charge in [0, 0.05) is 19.2 Å². The number of nitrogens with one attached hydrogen (secondary N) is 3. The van der Waals surface area contributed by atoms with E-state index in [0.29, 0.717) is 47.5 Å². The fourth-order valence-electron chi connectivity index (χ4n) is 3.01. The molecular weight excluding hydrogens is 362 g/mol. The van der Waals surface area contributed by atoms with Gasteiger partial charge in [0.1, 0.15) is 17.2 Å². The molecule has 3 N–H and O–H groups in total. The van der Waals surface area contributed by atoms with Crippen molar-refractivity contribution in [2.45, 2.75) is 19.6 Å². The van der Waals surface area contributed by atoms with Crippen molar-refractivity contribution in [3.05, 3.63) is 35.8 Å². The molecule has 0 aliphatic carbocycles. The van der Waals surface area contributed by atoms with Gasteiger partial charge < -0.3 is 25.4 Å². The second kappa shape index (κ2) is 7.31. The highest BCUT2D eigenvalue weighted by Crippen LogP contribution is 2.29. The van der Waals surface area contributed by atoms with E-state index >= 15 is 0 Å². The molecule has 0 spiro atoms. The summed E-state index contributed by atoms with van der Waals surface area (Å²) in [7, 11) is 3.36. The van der Waals surface area contributed by atoms with Gasteiger partial charge in [0.05, 0.1) is 44.1 Å². The Morgan fingerprint density at radius 2 is 2.21 bits per heavy atom. The van der Waals surface area contributed by atoms with Crippen LogP contribution in [0.2, 0.25) is 0 Å². The number of hydrogen-bond acceptors (Lipinski definition) is 8. The lowest BCUT2D eigenvalue weighted by Gasteiger charge is -2.16. The van der Waals surface area contributed by atoms with Gasteiger partial charge >= 0.3 is 0 Å². The molecule has 4 rings (SSSR count). The minimum atomic E-state index is -0.260. The van der Waals surface area contributed by atoms with Gasteiger partial charge in [-0.3, -0.25) is 9.78 Å². The summed E-state index contributed by atoms with van der Waals surface area (Å²) in [5, 5.41) is 13.5. The second-order valence-corrected chi connectivity index (χ2v) is 6.46. The van der Waals surface area contributed by atoms with E-state index in [0.717, 1.165) is 5.69 Å². The van der Waals surface area contributed by atoms with Crippen LogP contribution in [0.15, 0.2) is 24.5 Å². The Hall–Kier alpha value is -3.40. The second-order valence-electron chi connectivity index (χ2n) is 6.46. The summed E-state index contributed by atoms with van der Waals surface area (Å²) in [5.41, 5.74) is 2.25. The number of pyridine rings is 1. The van der Waals surface area contributed by atoms with E-state index in [1.807, 2.05) is 13.0 Å². The average molecular weight is 383 g/mol. The van der Waals surface area contributed by atoms with Gasteiger partial charge in [0.2, 0.25) is 0 Å². The lowest BCUT2D eigenvalue weighted by molar-refractivity contribution is 0.0814. The highest BCUT2D eigenvalue weighted by Gasteiger charge is 2.20. The molecule has 10 nitrogen and oxygen atoms in total. The standard InChI is InChI=1S/C18H21N7O3/c1-10-8-28-9-11-4-13(14(27-3)7-20-11)23-15-5-16(19-2)25-17(24-15)12(6-21-25)18(26)22-10/h4-7,10,19H,8-9H2,1-3H3,(H,22,26)(H,23,24)/t10-/m1/s1. The Kier molecular flexibility index (Phi) is 4.70. The Labute approximate surface area is 161 Å². The first kappa shape index (κ1) is 18.0. The summed E-state index contributed by atoms with van der Waals surface area (Å²) in [6, 6.07) is 3.47. The molecule has 0 aromatic carbocycles. The Morgan fingerprint density at radius 3 is 3.00 bits per heavy atom. The molecule has 0 fully saturated rings. The van der Waals surface area contributed by atoms with E-state index in [-0.39, 0.29) is 11.9 Å². The number of rotatable bonds is 2. The van der Waals surface area contributed by atoms with Crippen molar-refractivity contribution in [3.8, 4) is 5.75 Å². The predicted octanol–water partition coefficient (Wildman–Crippen LogP) is 1.57. The van der Waals surface area contributed by atoms with Gasteiger partial charge in [-0.25, -0.2) is 4.98 Å². The maximum atomic E-state index is 12.7. The highest BCUT2D eigenvalue weighted by molar-refractivity contribution is 6.00. The molecule has 1 aliphatic heterocycles. The lowest BCUT2D eigenvalue weighted by Crippen LogP contribution is -2.36. The third kappa shape index (κ3) is 3.29. The molecule has 28 heavy (non-hydrogen) atoms. The summed E-state index contributed by atoms with van der Waals surface area (Å²) in [6.45, 7) is 2.54. The number of amides is 1. The first-order valence-electron chi connectivity index (χ1n) is 8.84. The van der Waals surface area contributed by atoms with Crippen LogP contribution in [-0.2, 0) is 11.3 Å². The SMILES string of the molecule is CNc1cc2nc3c(cnn13)C(=O)N[C@H](C)COCc1cc(c(OC)cn1)N2. The molecule has 3 aromatic heterocycles. The van der Waals surface area contributed by atoms with E-state index < -0.39 is 0 Å². The maximum absolute atomic E-state index is 12.7. The fraction of sp³-hybridized carbons (Fsp3) is 0.333. The zero-order chi connectivity index (χ0) is 19.7. The number of hydrogen-bond donors (Lipinski definition) is 3. The largest absolute Gasteiger partial charge is 0.493 e. The molecule has 1 aliphatic rings. The van der Waals surface area contributed by atoms with E-state index in [9.17, 15) is 4.79 Å². The van der Waals surface area contributed by atoms with E-state index in [1.54, 1.807) is 30.9 Å². The molecule has 0 radical (unpaired) electrons. The predicted molar refractivity (Wildman–Crippen MR) is 103 cm³/mol. The zero-order valence-corrected chi connectivity index (χ0v) is 15.8. The summed E-state index contributed by atoms with van der Waals surface area (Å²) in [5.74, 6) is 1.53. The van der Waals surface area contributed by atoms with E-state index in [1.165, 1.54) is 6.20 Å². The third-order valence-electron chi connectivity index (χ3n) is 4.37. The van der Waals surface area contributed by atoms with Crippen molar-refractivity contribution >= 4 is 28.9 Å². The van der Waals surface area contributed by atoms with Crippen LogP contribution in [0.5, 0.6) is 5.75 Å². The fourth-order valence-corrected chi connectivity index (χ4v) is 3.01. The van der Waals surface area contributed by atoms with Crippen molar-refractivity contribution in [3.63, 3.8) is 0 Å². The normalized spacial score (nSPS) is 17.0. The number of methoxy groups -OCH3 is 1. The van der Waals surface area contributed by atoms with Crippen LogP contribution in [0.3, 0.4) is 0 Å². The molecule has 0 saturated carbocycles. The summed E-state index contributed by atoms with van der Waals surface area (Å²) in [4.78, 5) is 21.7. The minimum Gasteiger partial charge on any atom is -0.493 e. The van der Waals surface area contributed by atoms with Gasteiger partial charge in [-0.15, -0.1) is 0 Å². The lowest BCUT2D eigenvalue weighted by atomic mass is 10.2. The number of ether oxygens (including phenoxy) is 2. The van der Waals surface area contributed by atoms with Crippen molar-refractivity contribution in [2.75, 3.05) is 31.4 Å². The van der Waals surface area contributed by atoms with Crippen molar-refractivity contribution in [2.24, 2.45) is 0 Å². The molecule has 1 atom stereocenters. The minimum absolute atomic E-state index is 0.187. The van der Waals surface area contributed by atoms with Crippen LogP contribution >= 0.6 is 0 Å². The smallest absolute Gasteiger partial charge is 0.257 e. The molecule has 1 amide bonds. The summed E-state index contributed by atoms with van der Waals surface area (Å²) >= 11 is 0. The molecule has 3 aromatic rings. The Bertz CT molecular complexity index is 1030. The van der Waals surface area contributed by atoms with Crippen LogP contribution in [0.1, 0.15) is 23.0 Å². The number of nitrogens with zero attached hydrogens (tertiary/aromatic N) is 4. The third-order valence-corrected chi connectivity index (χ3v) is 4.37. The number of aromatic nitrogens is 4. The maximum Gasteiger partial charge on any atom is 0.257 e. The summed E-state index contributed by atoms with van der Waals surface area (Å²) in [6.07, 6.45) is 3.15. The Balaban J connectivity index is 1.88. The van der Waals surface area contributed by atoms with Crippen molar-refractivity contribution < 1.29 is 14.3 Å². The van der Waals surface area contributed by atoms with E-state index in [4.69, 9.17) is 9.47 Å². The van der Waals surface area contributed by atoms with Gasteiger partial charge in [-0.2, -0.15) is 9.61 Å². The zero-order valence-electron chi connectivity index (χ0n) is 15.8. The number of fused-ring (bicyclic) bond motifs is 3. The topological polar surface area (TPSA) is 115 Å². The van der Waals surface area contributed by atoms with Crippen LogP contribution < -0.4 is 20.7 Å². The number of carbonyl (C=O) groups is 1. The molecule has 4 bridgehead atoms. The molecular formula is C18H21N7O3. The first-order chi connectivity index (χ1) is 13.6. The molecule has 0 saturated heterocycles. The average Bonchev–Trinajstić information content (AvgIpc) is 3.11. The van der Waals surface area contributed by atoms with Crippen LogP contribution in [0.25, 0.3) is 5.65 Å². The molecule has 0 unspecified atom stereocenters. The van der Waals surface area contributed by atoms with Crippen molar-refractivity contribution in [1.29, 1.82) is 0 Å². The molecule has 4 heterocycles. The van der Waals surface area contributed by atoms with E-state index in [2.05, 4.69) is 31.0 Å².